The fraction of sp³-hybridized carbons (Fsp3) is 0.455. The van der Waals surface area contributed by atoms with Crippen molar-refractivity contribution in [1.82, 2.24) is 4.90 Å². The van der Waals surface area contributed by atoms with Gasteiger partial charge in [-0.1, -0.05) is 6.08 Å². The normalized spacial score (nSPS) is 11.4. The molecule has 0 bridgehead atoms. The van der Waals surface area contributed by atoms with Crippen LogP contribution in [0.1, 0.15) is 20.8 Å². The maximum absolute atomic E-state index is 11.6. The summed E-state index contributed by atoms with van der Waals surface area (Å²) in [5.41, 5.74) is -0.353. The second-order valence-electron chi connectivity index (χ2n) is 4.08. The van der Waals surface area contributed by atoms with Crippen molar-refractivity contribution in [2.24, 2.45) is 0 Å². The second kappa shape index (κ2) is 5.34. The third-order valence-corrected chi connectivity index (χ3v) is 1.76. The van der Waals surface area contributed by atoms with Crippen LogP contribution >= 0.6 is 0 Å². The van der Waals surface area contributed by atoms with Gasteiger partial charge < -0.3 is 10.0 Å². The molecule has 15 heavy (non-hydrogen) atoms. The molecule has 1 N–H and O–H groups in total. The van der Waals surface area contributed by atoms with E-state index in [-0.39, 0.29) is 11.4 Å². The van der Waals surface area contributed by atoms with E-state index in [2.05, 4.69) is 6.58 Å². The number of rotatable bonds is 4. The Morgan fingerprint density at radius 1 is 1.33 bits per heavy atom. The van der Waals surface area contributed by atoms with Crippen LogP contribution in [0.25, 0.3) is 0 Å². The van der Waals surface area contributed by atoms with E-state index in [4.69, 9.17) is 5.11 Å². The van der Waals surface area contributed by atoms with Crippen LogP contribution in [0, 0.1) is 0 Å². The van der Waals surface area contributed by atoms with E-state index in [9.17, 15) is 9.59 Å². The van der Waals surface area contributed by atoms with Crippen molar-refractivity contribution in [2.75, 3.05) is 6.54 Å². The molecule has 0 saturated heterocycles. The standard InChI is InChI=1S/C11H17NO3/c1-5-8-12(11(2,3)4)9(13)6-7-10(14)15/h5-7H,1,8H2,2-4H3,(H,14,15)/b7-6+. The minimum Gasteiger partial charge on any atom is -0.478 e. The molecule has 0 aliphatic carbocycles. The molecule has 0 aromatic carbocycles. The Morgan fingerprint density at radius 2 is 1.87 bits per heavy atom. The number of nitrogens with zero attached hydrogens (tertiary/aromatic N) is 1. The molecule has 0 aliphatic heterocycles. The van der Waals surface area contributed by atoms with E-state index in [1.54, 1.807) is 11.0 Å². The molecule has 84 valence electrons. The Hall–Kier alpha value is -1.58. The molecule has 0 unspecified atom stereocenters. The molecule has 1 amide bonds. The van der Waals surface area contributed by atoms with Gasteiger partial charge in [-0.2, -0.15) is 0 Å². The number of carboxylic acids is 1. The first-order valence-corrected chi connectivity index (χ1v) is 4.62. The number of hydrogen-bond acceptors (Lipinski definition) is 2. The SMILES string of the molecule is C=CCN(C(=O)/C=C/C(=O)O)C(C)(C)C. The van der Waals surface area contributed by atoms with Gasteiger partial charge in [0.25, 0.3) is 0 Å². The van der Waals surface area contributed by atoms with Crippen LogP contribution in [0.5, 0.6) is 0 Å². The van der Waals surface area contributed by atoms with Crippen LogP contribution in [0.15, 0.2) is 24.8 Å². The molecule has 0 heterocycles. The van der Waals surface area contributed by atoms with Crippen molar-refractivity contribution in [1.29, 1.82) is 0 Å². The van der Waals surface area contributed by atoms with Gasteiger partial charge in [-0.3, -0.25) is 4.79 Å². The number of amides is 1. The Morgan fingerprint density at radius 3 is 2.20 bits per heavy atom. The van der Waals surface area contributed by atoms with Gasteiger partial charge in [-0.15, -0.1) is 6.58 Å². The quantitative estimate of drug-likeness (QED) is 0.565. The van der Waals surface area contributed by atoms with E-state index in [0.29, 0.717) is 6.54 Å². The molecule has 0 atom stereocenters. The van der Waals surface area contributed by atoms with Gasteiger partial charge in [-0.25, -0.2) is 4.79 Å². The lowest BCUT2D eigenvalue weighted by atomic mass is 10.1. The average molecular weight is 211 g/mol. The summed E-state index contributed by atoms with van der Waals surface area (Å²) in [7, 11) is 0. The summed E-state index contributed by atoms with van der Waals surface area (Å²) in [5, 5.41) is 8.40. The third-order valence-electron chi connectivity index (χ3n) is 1.76. The van der Waals surface area contributed by atoms with Crippen molar-refractivity contribution in [2.45, 2.75) is 26.3 Å². The van der Waals surface area contributed by atoms with Crippen molar-refractivity contribution < 1.29 is 14.7 Å². The highest BCUT2D eigenvalue weighted by Crippen LogP contribution is 2.13. The van der Waals surface area contributed by atoms with E-state index < -0.39 is 5.97 Å². The maximum Gasteiger partial charge on any atom is 0.328 e. The average Bonchev–Trinajstić information content (AvgIpc) is 2.08. The molecular weight excluding hydrogens is 194 g/mol. The zero-order valence-electron chi connectivity index (χ0n) is 9.36. The molecule has 0 aromatic rings. The smallest absolute Gasteiger partial charge is 0.328 e. The molecule has 4 heteroatoms. The van der Waals surface area contributed by atoms with Crippen LogP contribution in [-0.2, 0) is 9.59 Å². The highest BCUT2D eigenvalue weighted by atomic mass is 16.4. The van der Waals surface area contributed by atoms with Crippen molar-refractivity contribution in [3.8, 4) is 0 Å². The van der Waals surface area contributed by atoms with E-state index in [1.807, 2.05) is 20.8 Å². The summed E-state index contributed by atoms with van der Waals surface area (Å²) in [5.74, 6) is -1.46. The molecular formula is C11H17NO3. The lowest BCUT2D eigenvalue weighted by Gasteiger charge is -2.34. The maximum atomic E-state index is 11.6. The highest BCUT2D eigenvalue weighted by Gasteiger charge is 2.23. The van der Waals surface area contributed by atoms with Crippen LogP contribution in [-0.4, -0.2) is 34.0 Å². The molecule has 0 aromatic heterocycles. The van der Waals surface area contributed by atoms with Crippen molar-refractivity contribution in [3.63, 3.8) is 0 Å². The Kier molecular flexibility index (Phi) is 4.78. The molecule has 4 nitrogen and oxygen atoms in total. The minimum atomic E-state index is -1.13. The predicted octanol–water partition coefficient (Wildman–Crippen LogP) is 1.44. The van der Waals surface area contributed by atoms with Gasteiger partial charge in [0, 0.05) is 24.2 Å². The first kappa shape index (κ1) is 13.4. The number of carboxylic acid groups (broad SMARTS) is 1. The van der Waals surface area contributed by atoms with Crippen molar-refractivity contribution >= 4 is 11.9 Å². The van der Waals surface area contributed by atoms with Crippen LogP contribution < -0.4 is 0 Å². The number of carbonyl (C=O) groups excluding carboxylic acids is 1. The summed E-state index contributed by atoms with van der Waals surface area (Å²) < 4.78 is 0. The monoisotopic (exact) mass is 211 g/mol. The molecule has 0 rings (SSSR count). The summed E-state index contributed by atoms with van der Waals surface area (Å²) in [6.45, 7) is 9.59. The van der Waals surface area contributed by atoms with Gasteiger partial charge in [0.2, 0.25) is 5.91 Å². The zero-order valence-corrected chi connectivity index (χ0v) is 9.36. The summed E-state index contributed by atoms with van der Waals surface area (Å²) in [6.07, 6.45) is 3.50. The van der Waals surface area contributed by atoms with Gasteiger partial charge in [-0.05, 0) is 20.8 Å². The fourth-order valence-corrected chi connectivity index (χ4v) is 1.06. The van der Waals surface area contributed by atoms with Gasteiger partial charge in [0.05, 0.1) is 0 Å². The minimum absolute atomic E-state index is 0.329. The third kappa shape index (κ3) is 5.00. The lowest BCUT2D eigenvalue weighted by molar-refractivity contribution is -0.133. The molecule has 0 spiro atoms. The largest absolute Gasteiger partial charge is 0.478 e. The lowest BCUT2D eigenvalue weighted by Crippen LogP contribution is -2.44. The highest BCUT2D eigenvalue weighted by molar-refractivity contribution is 5.94. The molecule has 0 fully saturated rings. The molecule has 0 saturated carbocycles. The first-order chi connectivity index (χ1) is 6.79. The molecule has 0 aliphatic rings. The number of aliphatic carboxylic acids is 1. The zero-order chi connectivity index (χ0) is 12.1. The van der Waals surface area contributed by atoms with Crippen LogP contribution in [0.3, 0.4) is 0 Å². The van der Waals surface area contributed by atoms with Crippen LogP contribution in [0.4, 0.5) is 0 Å². The summed E-state index contributed by atoms with van der Waals surface area (Å²) in [4.78, 5) is 23.4. The Bertz CT molecular complexity index is 287. The first-order valence-electron chi connectivity index (χ1n) is 4.62. The predicted molar refractivity (Wildman–Crippen MR) is 58.4 cm³/mol. The fourth-order valence-electron chi connectivity index (χ4n) is 1.06. The summed E-state index contributed by atoms with van der Waals surface area (Å²) >= 11 is 0. The van der Waals surface area contributed by atoms with Crippen molar-refractivity contribution in [3.05, 3.63) is 24.8 Å². The Labute approximate surface area is 89.9 Å². The number of carbonyl (C=O) groups is 2. The molecule has 0 radical (unpaired) electrons. The topological polar surface area (TPSA) is 57.6 Å². The Balaban J connectivity index is 4.71. The van der Waals surface area contributed by atoms with E-state index >= 15 is 0 Å². The van der Waals surface area contributed by atoms with Gasteiger partial charge in [0.1, 0.15) is 0 Å². The summed E-state index contributed by atoms with van der Waals surface area (Å²) in [6, 6.07) is 0. The van der Waals surface area contributed by atoms with E-state index in [0.717, 1.165) is 12.2 Å². The van der Waals surface area contributed by atoms with Gasteiger partial charge in [0.15, 0.2) is 0 Å². The number of hydrogen-bond donors (Lipinski definition) is 1. The second-order valence-corrected chi connectivity index (χ2v) is 4.08. The van der Waals surface area contributed by atoms with E-state index in [1.165, 1.54) is 0 Å². The van der Waals surface area contributed by atoms with Gasteiger partial charge >= 0.3 is 5.97 Å². The van der Waals surface area contributed by atoms with Crippen LogP contribution in [0.2, 0.25) is 0 Å².